The molecule has 1 unspecified atom stereocenters. The van der Waals surface area contributed by atoms with Crippen molar-refractivity contribution in [2.24, 2.45) is 5.16 Å². The molecule has 1 aliphatic rings. The van der Waals surface area contributed by atoms with E-state index in [9.17, 15) is 27.9 Å². The Morgan fingerprint density at radius 3 is 2.39 bits per heavy atom. The van der Waals surface area contributed by atoms with Crippen LogP contribution in [0.25, 0.3) is 0 Å². The highest BCUT2D eigenvalue weighted by Crippen LogP contribution is 2.40. The predicted octanol–water partition coefficient (Wildman–Crippen LogP) is 5.17. The second kappa shape index (κ2) is 9.53. The number of benzene rings is 1. The predicted molar refractivity (Wildman–Crippen MR) is 111 cm³/mol. The highest BCUT2D eigenvalue weighted by atomic mass is 19.4. The minimum absolute atomic E-state index is 0.0575. The summed E-state index contributed by atoms with van der Waals surface area (Å²) < 4.78 is 38.3. The monoisotopic (exact) mass is 440 g/mol. The van der Waals surface area contributed by atoms with Gasteiger partial charge in [-0.25, -0.2) is 0 Å². The number of carbonyl (C=O) groups excluding carboxylic acids is 2. The number of aliphatic hydroxyl groups excluding tert-OH is 1. The van der Waals surface area contributed by atoms with Crippen LogP contribution in [-0.2, 0) is 14.4 Å². The maximum absolute atomic E-state index is 12.9. The molecule has 0 saturated heterocycles. The van der Waals surface area contributed by atoms with E-state index in [4.69, 9.17) is 4.84 Å². The number of hydrogen-bond acceptors (Lipinski definition) is 5. The average Bonchev–Trinajstić information content (AvgIpc) is 2.66. The number of carbonyl (C=O) groups is 2. The molecule has 1 aliphatic carbocycles. The molecule has 1 aromatic rings. The lowest BCUT2D eigenvalue weighted by Gasteiger charge is -2.28. The Morgan fingerprint density at radius 1 is 1.23 bits per heavy atom. The number of aliphatic hydroxyl groups is 1. The van der Waals surface area contributed by atoms with Crippen molar-refractivity contribution < 1.29 is 32.7 Å². The van der Waals surface area contributed by atoms with Crippen LogP contribution in [0, 0.1) is 20.8 Å². The summed E-state index contributed by atoms with van der Waals surface area (Å²) >= 11 is 0. The number of alkyl halides is 3. The Balaban J connectivity index is 2.48. The van der Waals surface area contributed by atoms with Crippen LogP contribution in [0.5, 0.6) is 0 Å². The summed E-state index contributed by atoms with van der Waals surface area (Å²) in [5.74, 6) is -2.93. The Morgan fingerprint density at radius 2 is 1.87 bits per heavy atom. The first kappa shape index (κ1) is 24.4. The number of aryl methyl sites for hydroxylation is 2. The third kappa shape index (κ3) is 5.26. The molecule has 1 amide bonds. The Hall–Kier alpha value is -2.84. The summed E-state index contributed by atoms with van der Waals surface area (Å²) in [4.78, 5) is 29.4. The summed E-state index contributed by atoms with van der Waals surface area (Å²) in [6.07, 6.45) is -4.44. The summed E-state index contributed by atoms with van der Waals surface area (Å²) in [5, 5.41) is 16.5. The Bertz CT molecular complexity index is 949. The molecule has 0 aliphatic heterocycles. The van der Waals surface area contributed by atoms with Gasteiger partial charge < -0.3 is 15.3 Å². The van der Waals surface area contributed by atoms with E-state index in [1.54, 1.807) is 40.7 Å². The van der Waals surface area contributed by atoms with Crippen molar-refractivity contribution in [1.29, 1.82) is 0 Å². The third-order valence-corrected chi connectivity index (χ3v) is 5.30. The zero-order valence-corrected chi connectivity index (χ0v) is 18.2. The fourth-order valence-electron chi connectivity index (χ4n) is 4.06. The first-order valence-corrected chi connectivity index (χ1v) is 10.1. The molecule has 31 heavy (non-hydrogen) atoms. The van der Waals surface area contributed by atoms with E-state index < -0.39 is 18.0 Å². The van der Waals surface area contributed by atoms with Gasteiger partial charge in [0.05, 0.1) is 11.3 Å². The zero-order chi connectivity index (χ0) is 23.5. The van der Waals surface area contributed by atoms with Gasteiger partial charge >= 0.3 is 12.1 Å². The Labute approximate surface area is 179 Å². The molecule has 0 fully saturated rings. The van der Waals surface area contributed by atoms with E-state index in [0.717, 1.165) is 5.56 Å². The number of oxime groups is 1. The van der Waals surface area contributed by atoms with Gasteiger partial charge in [0.2, 0.25) is 0 Å². The standard InChI is InChI=1S/C22H27F3N2O4/c1-6-15(27-31-7-2)19-16(28)9-14(10-17(19)29)18-11(3)8-12(4)20(13(18)5)26-21(30)22(23,24)25/h8,14,28H,6-7,9-10H2,1-5H3,(H,26,30). The van der Waals surface area contributed by atoms with Gasteiger partial charge in [-0.2, -0.15) is 13.2 Å². The van der Waals surface area contributed by atoms with E-state index >= 15 is 0 Å². The minimum atomic E-state index is -5.02. The molecule has 1 atom stereocenters. The quantitative estimate of drug-likeness (QED) is 0.472. The lowest BCUT2D eigenvalue weighted by molar-refractivity contribution is -0.167. The van der Waals surface area contributed by atoms with E-state index in [0.29, 0.717) is 35.4 Å². The summed E-state index contributed by atoms with van der Waals surface area (Å²) in [6.45, 7) is 8.87. The number of amides is 1. The van der Waals surface area contributed by atoms with Crippen LogP contribution in [0.4, 0.5) is 18.9 Å². The van der Waals surface area contributed by atoms with Gasteiger partial charge in [-0.3, -0.25) is 9.59 Å². The van der Waals surface area contributed by atoms with Crippen LogP contribution in [0.3, 0.4) is 0 Å². The Kier molecular flexibility index (Phi) is 7.51. The SMILES string of the molecule is CCON=C(CC)C1=C(O)CC(c2c(C)cc(C)c(NC(=O)C(F)(F)F)c2C)CC1=O. The maximum atomic E-state index is 12.9. The second-order valence-corrected chi connectivity index (χ2v) is 7.54. The first-order chi connectivity index (χ1) is 14.4. The van der Waals surface area contributed by atoms with E-state index in [1.165, 1.54) is 0 Å². The zero-order valence-electron chi connectivity index (χ0n) is 18.2. The molecule has 0 bridgehead atoms. The number of nitrogens with one attached hydrogen (secondary N) is 1. The molecule has 0 radical (unpaired) electrons. The molecule has 0 spiro atoms. The number of ketones is 1. The van der Waals surface area contributed by atoms with Crippen molar-refractivity contribution in [1.82, 2.24) is 0 Å². The lowest BCUT2D eigenvalue weighted by Crippen LogP contribution is -2.31. The fraction of sp³-hybridized carbons (Fsp3) is 0.500. The molecule has 170 valence electrons. The van der Waals surface area contributed by atoms with E-state index in [2.05, 4.69) is 5.16 Å². The van der Waals surface area contributed by atoms with Crippen LogP contribution >= 0.6 is 0 Å². The molecular weight excluding hydrogens is 413 g/mol. The lowest BCUT2D eigenvalue weighted by atomic mass is 9.77. The number of hydrogen-bond donors (Lipinski definition) is 2. The van der Waals surface area contributed by atoms with Crippen molar-refractivity contribution >= 4 is 23.1 Å². The van der Waals surface area contributed by atoms with Gasteiger partial charge in [0.25, 0.3) is 0 Å². The van der Waals surface area contributed by atoms with Crippen molar-refractivity contribution in [3.8, 4) is 0 Å². The molecule has 0 aromatic heterocycles. The number of Topliss-reactive ketones (excluding diaryl/α,β-unsaturated/α-hetero) is 1. The maximum Gasteiger partial charge on any atom is 0.471 e. The number of rotatable bonds is 6. The van der Waals surface area contributed by atoms with E-state index in [-0.39, 0.29) is 35.6 Å². The van der Waals surface area contributed by atoms with Gasteiger partial charge in [-0.1, -0.05) is 18.1 Å². The van der Waals surface area contributed by atoms with Crippen molar-refractivity contribution in [2.45, 2.75) is 66.0 Å². The molecule has 0 saturated carbocycles. The average molecular weight is 440 g/mol. The van der Waals surface area contributed by atoms with Gasteiger partial charge in [0.1, 0.15) is 12.4 Å². The van der Waals surface area contributed by atoms with Crippen molar-refractivity contribution in [2.75, 3.05) is 11.9 Å². The highest BCUT2D eigenvalue weighted by Gasteiger charge is 2.39. The van der Waals surface area contributed by atoms with Gasteiger partial charge in [0, 0.05) is 18.5 Å². The highest BCUT2D eigenvalue weighted by molar-refractivity contribution is 6.23. The number of nitrogens with zero attached hydrogens (tertiary/aromatic N) is 1. The number of anilines is 1. The molecule has 6 nitrogen and oxygen atoms in total. The topological polar surface area (TPSA) is 88.0 Å². The van der Waals surface area contributed by atoms with Gasteiger partial charge in [-0.05, 0) is 62.3 Å². The normalized spacial score (nSPS) is 17.7. The largest absolute Gasteiger partial charge is 0.511 e. The van der Waals surface area contributed by atoms with Crippen molar-refractivity contribution in [3.05, 3.63) is 39.7 Å². The molecular formula is C22H27F3N2O4. The van der Waals surface area contributed by atoms with E-state index in [1.807, 2.05) is 5.32 Å². The van der Waals surface area contributed by atoms with Gasteiger partial charge in [-0.15, -0.1) is 0 Å². The van der Waals surface area contributed by atoms with Crippen LogP contribution in [0.1, 0.15) is 61.3 Å². The second-order valence-electron chi connectivity index (χ2n) is 7.54. The number of halogens is 3. The number of allylic oxidation sites excluding steroid dienone is 2. The molecule has 0 heterocycles. The van der Waals surface area contributed by atoms with Crippen LogP contribution in [0.2, 0.25) is 0 Å². The third-order valence-electron chi connectivity index (χ3n) is 5.30. The molecule has 2 N–H and O–H groups in total. The van der Waals surface area contributed by atoms with Crippen LogP contribution < -0.4 is 5.32 Å². The van der Waals surface area contributed by atoms with Crippen LogP contribution in [-0.4, -0.2) is 35.3 Å². The molecule has 1 aromatic carbocycles. The summed E-state index contributed by atoms with van der Waals surface area (Å²) in [7, 11) is 0. The molecule has 2 rings (SSSR count). The van der Waals surface area contributed by atoms with Crippen LogP contribution in [0.15, 0.2) is 22.6 Å². The molecule has 9 heteroatoms. The smallest absolute Gasteiger partial charge is 0.471 e. The van der Waals surface area contributed by atoms with Crippen molar-refractivity contribution in [3.63, 3.8) is 0 Å². The van der Waals surface area contributed by atoms with Gasteiger partial charge in [0.15, 0.2) is 5.78 Å². The first-order valence-electron chi connectivity index (χ1n) is 10.1. The fourth-order valence-corrected chi connectivity index (χ4v) is 4.06. The summed E-state index contributed by atoms with van der Waals surface area (Å²) in [5.41, 5.74) is 2.91. The minimum Gasteiger partial charge on any atom is -0.511 e. The summed E-state index contributed by atoms with van der Waals surface area (Å²) in [6, 6.07) is 1.67.